The van der Waals surface area contributed by atoms with E-state index in [9.17, 15) is 4.79 Å². The van der Waals surface area contributed by atoms with E-state index in [-0.39, 0.29) is 11.7 Å². The zero-order valence-electron chi connectivity index (χ0n) is 15.1. The third-order valence-electron chi connectivity index (χ3n) is 3.89. The van der Waals surface area contributed by atoms with Crippen LogP contribution in [0.2, 0.25) is 5.02 Å². The number of amides is 1. The molecule has 0 saturated heterocycles. The van der Waals surface area contributed by atoms with Gasteiger partial charge in [-0.2, -0.15) is 0 Å². The van der Waals surface area contributed by atoms with Crippen LogP contribution in [0.15, 0.2) is 47.9 Å². The first-order chi connectivity index (χ1) is 13.1. The number of nitrogens with zero attached hydrogens (tertiary/aromatic N) is 4. The van der Waals surface area contributed by atoms with Crippen LogP contribution in [-0.4, -0.2) is 31.4 Å². The Hall–Kier alpha value is -2.38. The van der Waals surface area contributed by atoms with Gasteiger partial charge in [0.1, 0.15) is 0 Å². The summed E-state index contributed by atoms with van der Waals surface area (Å²) < 4.78 is 2.04. The first-order valence-corrected chi connectivity index (χ1v) is 9.97. The van der Waals surface area contributed by atoms with E-state index in [1.54, 1.807) is 18.5 Å². The maximum atomic E-state index is 12.3. The number of aryl methyl sites for hydroxylation is 1. The van der Waals surface area contributed by atoms with Gasteiger partial charge in [0.2, 0.25) is 5.91 Å². The van der Waals surface area contributed by atoms with Crippen molar-refractivity contribution in [3.63, 3.8) is 0 Å². The fraction of sp³-hybridized carbons (Fsp3) is 0.263. The van der Waals surface area contributed by atoms with Gasteiger partial charge in [0.15, 0.2) is 11.0 Å². The highest BCUT2D eigenvalue weighted by molar-refractivity contribution is 7.99. The molecule has 0 aliphatic carbocycles. The molecule has 0 saturated carbocycles. The van der Waals surface area contributed by atoms with E-state index in [2.05, 4.69) is 27.4 Å². The number of carbonyl (C=O) groups is 1. The predicted molar refractivity (Wildman–Crippen MR) is 109 cm³/mol. The number of aromatic nitrogens is 4. The van der Waals surface area contributed by atoms with E-state index in [1.807, 2.05) is 35.8 Å². The van der Waals surface area contributed by atoms with Gasteiger partial charge in [0.25, 0.3) is 0 Å². The highest BCUT2D eigenvalue weighted by Gasteiger charge is 2.15. The van der Waals surface area contributed by atoms with Gasteiger partial charge in [-0.25, -0.2) is 0 Å². The average Bonchev–Trinajstić information content (AvgIpc) is 3.07. The summed E-state index contributed by atoms with van der Waals surface area (Å²) in [6.45, 7) is 4.80. The van der Waals surface area contributed by atoms with Gasteiger partial charge in [-0.1, -0.05) is 36.4 Å². The molecule has 140 valence electrons. The van der Waals surface area contributed by atoms with Crippen LogP contribution in [0.25, 0.3) is 11.4 Å². The quantitative estimate of drug-likeness (QED) is 0.592. The molecule has 27 heavy (non-hydrogen) atoms. The Bertz CT molecular complexity index is 929. The monoisotopic (exact) mass is 401 g/mol. The second kappa shape index (κ2) is 9.01. The predicted octanol–water partition coefficient (Wildman–Crippen LogP) is 4.44. The third-order valence-corrected chi connectivity index (χ3v) is 5.26. The van der Waals surface area contributed by atoms with Crippen LogP contribution in [0.1, 0.15) is 18.9 Å². The molecule has 2 heterocycles. The molecule has 0 atom stereocenters. The number of halogens is 1. The van der Waals surface area contributed by atoms with Crippen LogP contribution in [0, 0.1) is 6.92 Å². The summed E-state index contributed by atoms with van der Waals surface area (Å²) >= 11 is 7.47. The lowest BCUT2D eigenvalue weighted by Crippen LogP contribution is -2.14. The average molecular weight is 402 g/mol. The topological polar surface area (TPSA) is 72.7 Å². The number of nitrogens with one attached hydrogen (secondary N) is 1. The van der Waals surface area contributed by atoms with Gasteiger partial charge in [0.05, 0.1) is 5.75 Å². The first-order valence-electron chi connectivity index (χ1n) is 8.61. The minimum atomic E-state index is -0.114. The SMILES string of the molecule is CCCn1c(SCC(=O)Nc2ccc(C)c(Cl)c2)nnc1-c1ccncc1. The van der Waals surface area contributed by atoms with Crippen LogP contribution in [0.5, 0.6) is 0 Å². The summed E-state index contributed by atoms with van der Waals surface area (Å²) in [4.78, 5) is 16.3. The summed E-state index contributed by atoms with van der Waals surface area (Å²) in [5.74, 6) is 0.910. The van der Waals surface area contributed by atoms with E-state index in [0.717, 1.165) is 35.1 Å². The van der Waals surface area contributed by atoms with Crippen molar-refractivity contribution in [3.8, 4) is 11.4 Å². The molecule has 0 unspecified atom stereocenters. The number of hydrogen-bond donors (Lipinski definition) is 1. The third kappa shape index (κ3) is 4.87. The van der Waals surface area contributed by atoms with Crippen molar-refractivity contribution in [2.24, 2.45) is 0 Å². The van der Waals surface area contributed by atoms with Crippen molar-refractivity contribution in [2.45, 2.75) is 32.0 Å². The van der Waals surface area contributed by atoms with E-state index in [1.165, 1.54) is 11.8 Å². The minimum Gasteiger partial charge on any atom is -0.325 e. The maximum Gasteiger partial charge on any atom is 0.234 e. The zero-order valence-corrected chi connectivity index (χ0v) is 16.7. The van der Waals surface area contributed by atoms with Crippen LogP contribution in [-0.2, 0) is 11.3 Å². The normalized spacial score (nSPS) is 10.8. The van der Waals surface area contributed by atoms with Gasteiger partial charge in [-0.05, 0) is 43.2 Å². The number of anilines is 1. The molecular weight excluding hydrogens is 382 g/mol. The number of hydrogen-bond acceptors (Lipinski definition) is 5. The zero-order chi connectivity index (χ0) is 19.2. The van der Waals surface area contributed by atoms with Gasteiger partial charge < -0.3 is 9.88 Å². The van der Waals surface area contributed by atoms with Crippen molar-refractivity contribution < 1.29 is 4.79 Å². The molecule has 1 amide bonds. The smallest absolute Gasteiger partial charge is 0.234 e. The van der Waals surface area contributed by atoms with Gasteiger partial charge in [0, 0.05) is 35.2 Å². The molecular formula is C19H20ClN5OS. The van der Waals surface area contributed by atoms with Crippen molar-refractivity contribution in [2.75, 3.05) is 11.1 Å². The molecule has 0 aliphatic rings. The van der Waals surface area contributed by atoms with E-state index in [0.29, 0.717) is 10.7 Å². The summed E-state index contributed by atoms with van der Waals surface area (Å²) in [6.07, 6.45) is 4.40. The highest BCUT2D eigenvalue weighted by Crippen LogP contribution is 2.25. The lowest BCUT2D eigenvalue weighted by molar-refractivity contribution is -0.113. The number of benzene rings is 1. The second-order valence-electron chi connectivity index (χ2n) is 5.99. The van der Waals surface area contributed by atoms with Crippen molar-refractivity contribution in [1.82, 2.24) is 19.7 Å². The Morgan fingerprint density at radius 2 is 2.00 bits per heavy atom. The Morgan fingerprint density at radius 1 is 1.22 bits per heavy atom. The fourth-order valence-electron chi connectivity index (χ4n) is 2.53. The Labute approximate surface area is 167 Å². The Morgan fingerprint density at radius 3 is 2.70 bits per heavy atom. The molecule has 1 aromatic carbocycles. The molecule has 3 rings (SSSR count). The molecule has 0 spiro atoms. The van der Waals surface area contributed by atoms with Crippen molar-refractivity contribution in [1.29, 1.82) is 0 Å². The van der Waals surface area contributed by atoms with E-state index < -0.39 is 0 Å². The van der Waals surface area contributed by atoms with Crippen LogP contribution in [0.4, 0.5) is 5.69 Å². The summed E-state index contributed by atoms with van der Waals surface area (Å²) in [7, 11) is 0. The van der Waals surface area contributed by atoms with Crippen LogP contribution >= 0.6 is 23.4 Å². The fourth-order valence-corrected chi connectivity index (χ4v) is 3.48. The summed E-state index contributed by atoms with van der Waals surface area (Å²) in [6, 6.07) is 9.27. The van der Waals surface area contributed by atoms with Gasteiger partial charge in [-0.15, -0.1) is 10.2 Å². The lowest BCUT2D eigenvalue weighted by Gasteiger charge is -2.09. The number of carbonyl (C=O) groups excluding carboxylic acids is 1. The van der Waals surface area contributed by atoms with E-state index in [4.69, 9.17) is 11.6 Å². The van der Waals surface area contributed by atoms with Crippen molar-refractivity contribution >= 4 is 35.0 Å². The molecule has 3 aromatic rings. The molecule has 0 radical (unpaired) electrons. The summed E-state index contributed by atoms with van der Waals surface area (Å²) in [5.41, 5.74) is 2.61. The van der Waals surface area contributed by atoms with E-state index >= 15 is 0 Å². The van der Waals surface area contributed by atoms with Crippen LogP contribution in [0.3, 0.4) is 0 Å². The first kappa shape index (κ1) is 19.4. The number of thioether (sulfide) groups is 1. The standard InChI is InChI=1S/C19H20ClN5OS/c1-3-10-25-18(14-6-8-21-9-7-14)23-24-19(25)27-12-17(26)22-15-5-4-13(2)16(20)11-15/h4-9,11H,3,10,12H2,1-2H3,(H,22,26). The summed E-state index contributed by atoms with van der Waals surface area (Å²) in [5, 5.41) is 12.8. The van der Waals surface area contributed by atoms with Crippen molar-refractivity contribution in [3.05, 3.63) is 53.3 Å². The van der Waals surface area contributed by atoms with Gasteiger partial charge in [-0.3, -0.25) is 9.78 Å². The minimum absolute atomic E-state index is 0.114. The maximum absolute atomic E-state index is 12.3. The second-order valence-corrected chi connectivity index (χ2v) is 7.34. The molecule has 0 aliphatic heterocycles. The van der Waals surface area contributed by atoms with Crippen LogP contribution < -0.4 is 5.32 Å². The molecule has 8 heteroatoms. The number of pyridine rings is 1. The highest BCUT2D eigenvalue weighted by atomic mass is 35.5. The van der Waals surface area contributed by atoms with Gasteiger partial charge >= 0.3 is 0 Å². The number of rotatable bonds is 7. The molecule has 0 fully saturated rings. The lowest BCUT2D eigenvalue weighted by atomic mass is 10.2. The molecule has 0 bridgehead atoms. The molecule has 6 nitrogen and oxygen atoms in total. The molecule has 1 N–H and O–H groups in total. The Balaban J connectivity index is 1.69. The molecule has 2 aromatic heterocycles. The Kier molecular flexibility index (Phi) is 6.47. The largest absolute Gasteiger partial charge is 0.325 e.